The number of pyridine rings is 1. The zero-order chi connectivity index (χ0) is 18.7. The van der Waals surface area contributed by atoms with Gasteiger partial charge in [0.15, 0.2) is 0 Å². The molecule has 6 heteroatoms. The first-order valence-corrected chi connectivity index (χ1v) is 8.66. The molecule has 1 aromatic carbocycles. The second-order valence-electron chi connectivity index (χ2n) is 6.46. The van der Waals surface area contributed by atoms with Crippen LogP contribution in [0.5, 0.6) is 5.75 Å². The van der Waals surface area contributed by atoms with Crippen molar-refractivity contribution in [1.29, 1.82) is 0 Å². The first kappa shape index (κ1) is 17.9. The molecule has 0 spiro atoms. The lowest BCUT2D eigenvalue weighted by molar-refractivity contribution is 0.0530. The third kappa shape index (κ3) is 3.54. The number of aryl methyl sites for hydroxylation is 2. The molecular weight excluding hydrogens is 330 g/mol. The van der Waals surface area contributed by atoms with Crippen LogP contribution in [0.1, 0.15) is 32.0 Å². The van der Waals surface area contributed by atoms with Crippen molar-refractivity contribution in [2.75, 3.05) is 33.3 Å². The molecule has 2 aromatic rings. The van der Waals surface area contributed by atoms with Gasteiger partial charge in [0.25, 0.3) is 11.8 Å². The Labute approximate surface area is 153 Å². The highest BCUT2D eigenvalue weighted by Crippen LogP contribution is 2.26. The average Bonchev–Trinajstić information content (AvgIpc) is 2.67. The summed E-state index contributed by atoms with van der Waals surface area (Å²) in [5.74, 6) is 0.450. The third-order valence-electron chi connectivity index (χ3n) is 4.62. The van der Waals surface area contributed by atoms with Crippen LogP contribution in [0.2, 0.25) is 0 Å². The number of hydrogen-bond acceptors (Lipinski definition) is 4. The molecule has 0 atom stereocenters. The number of hydrogen-bond donors (Lipinski definition) is 0. The Hall–Kier alpha value is -2.89. The fourth-order valence-electron chi connectivity index (χ4n) is 3.29. The molecular formula is C20H23N3O3. The molecule has 1 aromatic heterocycles. The van der Waals surface area contributed by atoms with Gasteiger partial charge in [-0.15, -0.1) is 0 Å². The van der Waals surface area contributed by atoms with E-state index >= 15 is 0 Å². The number of carbonyl (C=O) groups is 2. The van der Waals surface area contributed by atoms with Crippen molar-refractivity contribution in [3.05, 3.63) is 58.9 Å². The highest BCUT2D eigenvalue weighted by Gasteiger charge is 2.28. The maximum absolute atomic E-state index is 13.0. The molecule has 1 fully saturated rings. The summed E-state index contributed by atoms with van der Waals surface area (Å²) in [6, 6.07) is 9.15. The lowest BCUT2D eigenvalue weighted by Gasteiger charge is -2.35. The van der Waals surface area contributed by atoms with Gasteiger partial charge < -0.3 is 14.5 Å². The van der Waals surface area contributed by atoms with Crippen LogP contribution in [0.4, 0.5) is 0 Å². The van der Waals surface area contributed by atoms with E-state index in [1.165, 1.54) is 0 Å². The van der Waals surface area contributed by atoms with Gasteiger partial charge in [0, 0.05) is 32.4 Å². The molecule has 1 saturated heterocycles. The quantitative estimate of drug-likeness (QED) is 0.849. The van der Waals surface area contributed by atoms with Crippen LogP contribution >= 0.6 is 0 Å². The number of nitrogens with zero attached hydrogens (tertiary/aromatic N) is 3. The van der Waals surface area contributed by atoms with Gasteiger partial charge in [-0.1, -0.05) is 12.1 Å². The molecule has 0 N–H and O–H groups in total. The molecule has 1 aliphatic rings. The molecule has 1 aliphatic heterocycles. The molecule has 6 nitrogen and oxygen atoms in total. The topological polar surface area (TPSA) is 62.7 Å². The van der Waals surface area contributed by atoms with E-state index in [4.69, 9.17) is 4.74 Å². The number of aromatic nitrogens is 1. The SMILES string of the molecule is COc1cc(C)cc(C)c1C(=O)N1CCN(C(=O)c2ccccn2)CC1. The number of benzene rings is 1. The van der Waals surface area contributed by atoms with E-state index in [2.05, 4.69) is 4.98 Å². The zero-order valence-electron chi connectivity index (χ0n) is 15.4. The van der Waals surface area contributed by atoms with Gasteiger partial charge in [0.1, 0.15) is 11.4 Å². The maximum atomic E-state index is 13.0. The Morgan fingerprint density at radius 2 is 1.65 bits per heavy atom. The van der Waals surface area contributed by atoms with E-state index in [1.807, 2.05) is 26.0 Å². The first-order chi connectivity index (χ1) is 12.5. The predicted octanol–water partition coefficient (Wildman–Crippen LogP) is 2.31. The number of amides is 2. The minimum atomic E-state index is -0.0956. The largest absolute Gasteiger partial charge is 0.496 e. The van der Waals surface area contributed by atoms with Gasteiger partial charge in [-0.05, 0) is 43.2 Å². The van der Waals surface area contributed by atoms with Crippen LogP contribution in [-0.2, 0) is 0 Å². The van der Waals surface area contributed by atoms with Crippen LogP contribution in [0.15, 0.2) is 36.5 Å². The van der Waals surface area contributed by atoms with Crippen molar-refractivity contribution in [2.45, 2.75) is 13.8 Å². The molecule has 0 aliphatic carbocycles. The first-order valence-electron chi connectivity index (χ1n) is 8.66. The van der Waals surface area contributed by atoms with E-state index in [9.17, 15) is 9.59 Å². The Balaban J connectivity index is 1.71. The maximum Gasteiger partial charge on any atom is 0.272 e. The fourth-order valence-corrected chi connectivity index (χ4v) is 3.29. The van der Waals surface area contributed by atoms with Crippen LogP contribution in [-0.4, -0.2) is 59.9 Å². The summed E-state index contributed by atoms with van der Waals surface area (Å²) in [4.78, 5) is 33.1. The molecule has 2 amide bonds. The molecule has 26 heavy (non-hydrogen) atoms. The van der Waals surface area contributed by atoms with Crippen LogP contribution < -0.4 is 4.74 Å². The van der Waals surface area contributed by atoms with E-state index in [1.54, 1.807) is 41.3 Å². The molecule has 0 saturated carbocycles. The molecule has 0 bridgehead atoms. The van der Waals surface area contributed by atoms with Gasteiger partial charge in [0.05, 0.1) is 12.7 Å². The summed E-state index contributed by atoms with van der Waals surface area (Å²) < 4.78 is 5.42. The van der Waals surface area contributed by atoms with Crippen molar-refractivity contribution >= 4 is 11.8 Å². The second-order valence-corrected chi connectivity index (χ2v) is 6.46. The Bertz CT molecular complexity index is 813. The Kier molecular flexibility index (Phi) is 5.21. The summed E-state index contributed by atoms with van der Waals surface area (Å²) in [7, 11) is 1.58. The van der Waals surface area contributed by atoms with Crippen molar-refractivity contribution in [3.63, 3.8) is 0 Å². The lowest BCUT2D eigenvalue weighted by atomic mass is 10.0. The third-order valence-corrected chi connectivity index (χ3v) is 4.62. The molecule has 0 unspecified atom stereocenters. The summed E-state index contributed by atoms with van der Waals surface area (Å²) in [5, 5.41) is 0. The van der Waals surface area contributed by atoms with E-state index in [-0.39, 0.29) is 11.8 Å². The van der Waals surface area contributed by atoms with Crippen LogP contribution in [0.25, 0.3) is 0 Å². The summed E-state index contributed by atoms with van der Waals surface area (Å²) in [5.41, 5.74) is 2.99. The molecule has 2 heterocycles. The Morgan fingerprint density at radius 1 is 1.00 bits per heavy atom. The standard InChI is InChI=1S/C20H23N3O3/c1-14-12-15(2)18(17(13-14)26-3)20(25)23-10-8-22(9-11-23)19(24)16-6-4-5-7-21-16/h4-7,12-13H,8-11H2,1-3H3. The van der Waals surface area contributed by atoms with Gasteiger partial charge >= 0.3 is 0 Å². The minimum absolute atomic E-state index is 0.0516. The van der Waals surface area contributed by atoms with Gasteiger partial charge in [-0.3, -0.25) is 14.6 Å². The number of piperazine rings is 1. The summed E-state index contributed by atoms with van der Waals surface area (Å²) in [6.45, 7) is 5.87. The second kappa shape index (κ2) is 7.56. The minimum Gasteiger partial charge on any atom is -0.496 e. The monoisotopic (exact) mass is 353 g/mol. The van der Waals surface area contributed by atoms with Gasteiger partial charge in [0.2, 0.25) is 0 Å². The van der Waals surface area contributed by atoms with Crippen molar-refractivity contribution in [3.8, 4) is 5.75 Å². The smallest absolute Gasteiger partial charge is 0.272 e. The van der Waals surface area contributed by atoms with Crippen molar-refractivity contribution < 1.29 is 14.3 Å². The summed E-state index contributed by atoms with van der Waals surface area (Å²) in [6.07, 6.45) is 1.61. The zero-order valence-corrected chi connectivity index (χ0v) is 15.4. The van der Waals surface area contributed by atoms with E-state index in [0.29, 0.717) is 43.2 Å². The van der Waals surface area contributed by atoms with Gasteiger partial charge in [-0.25, -0.2) is 0 Å². The van der Waals surface area contributed by atoms with Crippen molar-refractivity contribution in [1.82, 2.24) is 14.8 Å². The lowest BCUT2D eigenvalue weighted by Crippen LogP contribution is -2.50. The number of ether oxygens (including phenoxy) is 1. The van der Waals surface area contributed by atoms with Gasteiger partial charge in [-0.2, -0.15) is 0 Å². The normalized spacial score (nSPS) is 14.3. The number of rotatable bonds is 3. The molecule has 3 rings (SSSR count). The van der Waals surface area contributed by atoms with Crippen LogP contribution in [0.3, 0.4) is 0 Å². The average molecular weight is 353 g/mol. The predicted molar refractivity (Wildman–Crippen MR) is 98.5 cm³/mol. The van der Waals surface area contributed by atoms with Crippen LogP contribution in [0, 0.1) is 13.8 Å². The highest BCUT2D eigenvalue weighted by atomic mass is 16.5. The van der Waals surface area contributed by atoms with Crippen molar-refractivity contribution in [2.24, 2.45) is 0 Å². The highest BCUT2D eigenvalue weighted by molar-refractivity contribution is 5.99. The summed E-state index contributed by atoms with van der Waals surface area (Å²) >= 11 is 0. The van der Waals surface area contributed by atoms with E-state index in [0.717, 1.165) is 11.1 Å². The fraction of sp³-hybridized carbons (Fsp3) is 0.350. The number of methoxy groups -OCH3 is 1. The number of carbonyl (C=O) groups excluding carboxylic acids is 2. The molecule has 0 radical (unpaired) electrons. The molecule has 136 valence electrons. The van der Waals surface area contributed by atoms with E-state index < -0.39 is 0 Å². The Morgan fingerprint density at radius 3 is 2.23 bits per heavy atom.